The molecule has 4 N–H and O–H groups in total. The molecule has 116 valence electrons. The standard InChI is InChI=1S/C11H11F3N2O5/c12-11(13,14)7-2-1-5(9(19)16-7)8(18)15-4-3-6(17)10(20)21/h1-2,6,17H,3-4H2,(H,15,18)(H,16,19)(H,20,21)/t6-/m0/s1. The molecular formula is C11H11F3N2O5. The third-order valence-corrected chi connectivity index (χ3v) is 2.45. The lowest BCUT2D eigenvalue weighted by Crippen LogP contribution is -2.33. The second-order valence-electron chi connectivity index (χ2n) is 4.01. The van der Waals surface area contributed by atoms with Crippen LogP contribution in [0.25, 0.3) is 0 Å². The van der Waals surface area contributed by atoms with Crippen LogP contribution < -0.4 is 10.9 Å². The predicted octanol–water partition coefficient (Wildman–Crippen LogP) is -0.0409. The number of aliphatic carboxylic acids is 1. The number of aliphatic hydroxyl groups is 1. The Labute approximate surface area is 115 Å². The van der Waals surface area contributed by atoms with E-state index in [0.29, 0.717) is 12.1 Å². The van der Waals surface area contributed by atoms with Crippen molar-refractivity contribution in [2.75, 3.05) is 6.54 Å². The number of carbonyl (C=O) groups excluding carboxylic acids is 1. The van der Waals surface area contributed by atoms with E-state index < -0.39 is 41.0 Å². The molecule has 1 atom stereocenters. The minimum atomic E-state index is -4.74. The molecule has 7 nitrogen and oxygen atoms in total. The smallest absolute Gasteiger partial charge is 0.431 e. The summed E-state index contributed by atoms with van der Waals surface area (Å²) < 4.78 is 36.9. The molecule has 21 heavy (non-hydrogen) atoms. The number of rotatable bonds is 5. The molecule has 1 aromatic heterocycles. The molecule has 0 spiro atoms. The highest BCUT2D eigenvalue weighted by Gasteiger charge is 2.32. The number of pyridine rings is 1. The summed E-state index contributed by atoms with van der Waals surface area (Å²) in [5.74, 6) is -2.45. The average Bonchev–Trinajstić information content (AvgIpc) is 2.36. The van der Waals surface area contributed by atoms with Gasteiger partial charge in [-0.2, -0.15) is 13.2 Å². The SMILES string of the molecule is O=C(NCC[C@H](O)C(=O)O)c1ccc(C(F)(F)F)[nH]c1=O. The zero-order valence-electron chi connectivity index (χ0n) is 10.4. The molecule has 0 aliphatic heterocycles. The highest BCUT2D eigenvalue weighted by atomic mass is 19.4. The molecule has 0 fully saturated rings. The van der Waals surface area contributed by atoms with Crippen LogP contribution in [-0.4, -0.2) is 39.7 Å². The Kier molecular flexibility index (Phi) is 5.08. The fourth-order valence-electron chi connectivity index (χ4n) is 1.36. The molecule has 1 aromatic rings. The number of carbonyl (C=O) groups is 2. The maximum absolute atomic E-state index is 12.3. The molecule has 0 unspecified atom stereocenters. The summed E-state index contributed by atoms with van der Waals surface area (Å²) in [6.07, 6.45) is -6.73. The van der Waals surface area contributed by atoms with Crippen LogP contribution in [0.5, 0.6) is 0 Å². The predicted molar refractivity (Wildman–Crippen MR) is 62.7 cm³/mol. The molecule has 0 saturated heterocycles. The number of carboxylic acids is 1. The van der Waals surface area contributed by atoms with Crippen molar-refractivity contribution in [1.29, 1.82) is 0 Å². The van der Waals surface area contributed by atoms with Gasteiger partial charge in [-0.3, -0.25) is 9.59 Å². The van der Waals surface area contributed by atoms with Crippen LogP contribution in [0.15, 0.2) is 16.9 Å². The van der Waals surface area contributed by atoms with E-state index in [2.05, 4.69) is 5.32 Å². The summed E-state index contributed by atoms with van der Waals surface area (Å²) in [6.45, 7) is -0.257. The third-order valence-electron chi connectivity index (χ3n) is 2.45. The number of hydrogen-bond acceptors (Lipinski definition) is 4. The van der Waals surface area contributed by atoms with E-state index in [1.165, 1.54) is 4.98 Å². The second kappa shape index (κ2) is 6.39. The number of hydrogen-bond donors (Lipinski definition) is 4. The number of H-pyrrole nitrogens is 1. The highest BCUT2D eigenvalue weighted by Crippen LogP contribution is 2.26. The largest absolute Gasteiger partial charge is 0.479 e. The molecule has 10 heteroatoms. The Balaban J connectivity index is 2.72. The molecule has 1 heterocycles. The Morgan fingerprint density at radius 1 is 1.33 bits per heavy atom. The van der Waals surface area contributed by atoms with Gasteiger partial charge in [0.1, 0.15) is 11.3 Å². The van der Waals surface area contributed by atoms with Crippen molar-refractivity contribution in [3.8, 4) is 0 Å². The first-order chi connectivity index (χ1) is 9.62. The normalized spacial score (nSPS) is 12.8. The van der Waals surface area contributed by atoms with Gasteiger partial charge in [0.25, 0.3) is 11.5 Å². The van der Waals surface area contributed by atoms with Gasteiger partial charge in [-0.1, -0.05) is 0 Å². The Bertz CT molecular complexity index is 596. The number of carboxylic acid groups (broad SMARTS) is 1. The van der Waals surface area contributed by atoms with Gasteiger partial charge in [0, 0.05) is 13.0 Å². The van der Waals surface area contributed by atoms with Crippen LogP contribution in [0.1, 0.15) is 22.5 Å². The topological polar surface area (TPSA) is 119 Å². The van der Waals surface area contributed by atoms with E-state index in [4.69, 9.17) is 10.2 Å². The van der Waals surface area contributed by atoms with Gasteiger partial charge in [0.05, 0.1) is 0 Å². The van der Waals surface area contributed by atoms with Gasteiger partial charge >= 0.3 is 12.1 Å². The number of aromatic nitrogens is 1. The molecule has 0 bridgehead atoms. The third kappa shape index (κ3) is 4.60. The molecule has 1 rings (SSSR count). The highest BCUT2D eigenvalue weighted by molar-refractivity contribution is 5.93. The van der Waals surface area contributed by atoms with Gasteiger partial charge in [0.2, 0.25) is 0 Å². The summed E-state index contributed by atoms with van der Waals surface area (Å²) in [5.41, 5.74) is -3.06. The van der Waals surface area contributed by atoms with E-state index in [9.17, 15) is 27.6 Å². The fraction of sp³-hybridized carbons (Fsp3) is 0.364. The first-order valence-electron chi connectivity index (χ1n) is 5.62. The molecule has 0 aliphatic rings. The number of halogens is 3. The molecular weight excluding hydrogens is 297 g/mol. The zero-order chi connectivity index (χ0) is 16.2. The quantitative estimate of drug-likeness (QED) is 0.608. The van der Waals surface area contributed by atoms with Crippen molar-refractivity contribution in [2.45, 2.75) is 18.7 Å². The first-order valence-corrected chi connectivity index (χ1v) is 5.62. The van der Waals surface area contributed by atoms with Crippen molar-refractivity contribution < 1.29 is 33.0 Å². The maximum atomic E-state index is 12.3. The summed E-state index contributed by atoms with van der Waals surface area (Å²) in [4.78, 5) is 34.7. The van der Waals surface area contributed by atoms with Crippen molar-refractivity contribution in [3.63, 3.8) is 0 Å². The Hall–Kier alpha value is -2.36. The first kappa shape index (κ1) is 16.7. The van der Waals surface area contributed by atoms with E-state index in [-0.39, 0.29) is 13.0 Å². The van der Waals surface area contributed by atoms with Crippen molar-refractivity contribution in [3.05, 3.63) is 33.7 Å². The van der Waals surface area contributed by atoms with E-state index in [1.54, 1.807) is 0 Å². The summed E-state index contributed by atoms with van der Waals surface area (Å²) >= 11 is 0. The van der Waals surface area contributed by atoms with Gasteiger partial charge in [-0.15, -0.1) is 0 Å². The van der Waals surface area contributed by atoms with Crippen LogP contribution >= 0.6 is 0 Å². The van der Waals surface area contributed by atoms with Gasteiger partial charge in [-0.25, -0.2) is 4.79 Å². The number of amides is 1. The van der Waals surface area contributed by atoms with Crippen LogP contribution in [0.4, 0.5) is 13.2 Å². The maximum Gasteiger partial charge on any atom is 0.431 e. The van der Waals surface area contributed by atoms with Gasteiger partial charge in [-0.05, 0) is 12.1 Å². The number of alkyl halides is 3. The number of aliphatic hydroxyl groups excluding tert-OH is 1. The van der Waals surface area contributed by atoms with E-state index >= 15 is 0 Å². The van der Waals surface area contributed by atoms with E-state index in [0.717, 1.165) is 0 Å². The number of nitrogens with one attached hydrogen (secondary N) is 2. The van der Waals surface area contributed by atoms with Crippen LogP contribution in [0, 0.1) is 0 Å². The van der Waals surface area contributed by atoms with Crippen LogP contribution in [-0.2, 0) is 11.0 Å². The molecule has 0 saturated carbocycles. The van der Waals surface area contributed by atoms with Crippen molar-refractivity contribution in [2.24, 2.45) is 0 Å². The summed E-state index contributed by atoms with van der Waals surface area (Å²) in [6, 6.07) is 1.26. The summed E-state index contributed by atoms with van der Waals surface area (Å²) in [5, 5.41) is 19.5. The Morgan fingerprint density at radius 2 is 1.95 bits per heavy atom. The van der Waals surface area contributed by atoms with Crippen LogP contribution in [0.2, 0.25) is 0 Å². The van der Waals surface area contributed by atoms with E-state index in [1.807, 2.05) is 0 Å². The lowest BCUT2D eigenvalue weighted by molar-refractivity contribution is -0.146. The molecule has 0 aliphatic carbocycles. The second-order valence-corrected chi connectivity index (χ2v) is 4.01. The average molecular weight is 308 g/mol. The molecule has 1 amide bonds. The zero-order valence-corrected chi connectivity index (χ0v) is 10.4. The minimum Gasteiger partial charge on any atom is -0.479 e. The lowest BCUT2D eigenvalue weighted by atomic mass is 10.2. The van der Waals surface area contributed by atoms with Crippen molar-refractivity contribution >= 4 is 11.9 Å². The Morgan fingerprint density at radius 3 is 2.43 bits per heavy atom. The monoisotopic (exact) mass is 308 g/mol. The lowest BCUT2D eigenvalue weighted by Gasteiger charge is -2.09. The minimum absolute atomic E-state index is 0.257. The van der Waals surface area contributed by atoms with Gasteiger partial charge in [0.15, 0.2) is 6.10 Å². The van der Waals surface area contributed by atoms with Crippen LogP contribution in [0.3, 0.4) is 0 Å². The van der Waals surface area contributed by atoms with Gasteiger partial charge < -0.3 is 20.5 Å². The summed E-state index contributed by atoms with van der Waals surface area (Å²) in [7, 11) is 0. The molecule has 0 aromatic carbocycles. The number of aromatic amines is 1. The fourth-order valence-corrected chi connectivity index (χ4v) is 1.36. The van der Waals surface area contributed by atoms with Crippen molar-refractivity contribution in [1.82, 2.24) is 10.3 Å². The molecule has 0 radical (unpaired) electrons.